The second-order valence-electron chi connectivity index (χ2n) is 8.48. The molecular weight excluding hydrogens is 527 g/mol. The van der Waals surface area contributed by atoms with E-state index in [2.05, 4.69) is 6.58 Å². The SMILES string of the molecule is C=CCCCN(C(=O)c1ccccc1F)[C@H]1COc2c(F)ccc(F)c2[C@@H]1S(=O)(=O)c1ccc(Cl)cc1. The first-order chi connectivity index (χ1) is 17.7. The maximum absolute atomic E-state index is 15.2. The van der Waals surface area contributed by atoms with E-state index in [-0.39, 0.29) is 22.0 Å². The fourth-order valence-electron chi connectivity index (χ4n) is 4.41. The lowest BCUT2D eigenvalue weighted by atomic mass is 9.98. The monoisotopic (exact) mass is 549 g/mol. The average Bonchev–Trinajstić information content (AvgIpc) is 2.88. The smallest absolute Gasteiger partial charge is 0.257 e. The van der Waals surface area contributed by atoms with Gasteiger partial charge in [0.25, 0.3) is 5.91 Å². The Morgan fingerprint density at radius 2 is 1.70 bits per heavy atom. The molecule has 0 unspecified atom stereocenters. The number of sulfone groups is 1. The van der Waals surface area contributed by atoms with Gasteiger partial charge in [0.05, 0.1) is 22.1 Å². The van der Waals surface area contributed by atoms with Crippen molar-refractivity contribution >= 4 is 27.3 Å². The number of allylic oxidation sites excluding steroid dienone is 1. The summed E-state index contributed by atoms with van der Waals surface area (Å²) in [4.78, 5) is 14.6. The number of fused-ring (bicyclic) bond motifs is 1. The van der Waals surface area contributed by atoms with E-state index >= 15 is 4.39 Å². The summed E-state index contributed by atoms with van der Waals surface area (Å²) in [5.74, 6) is -4.08. The minimum absolute atomic E-state index is 0.00782. The molecule has 1 aliphatic heterocycles. The summed E-state index contributed by atoms with van der Waals surface area (Å²) in [6.45, 7) is 3.19. The Balaban J connectivity index is 1.91. The summed E-state index contributed by atoms with van der Waals surface area (Å²) in [5.41, 5.74) is -0.810. The summed E-state index contributed by atoms with van der Waals surface area (Å²) >= 11 is 5.93. The van der Waals surface area contributed by atoms with Crippen LogP contribution in [0.5, 0.6) is 5.75 Å². The molecule has 0 aliphatic carbocycles. The van der Waals surface area contributed by atoms with Crippen molar-refractivity contribution in [2.24, 2.45) is 0 Å². The second-order valence-corrected chi connectivity index (χ2v) is 11.0. The molecule has 1 amide bonds. The molecule has 3 aromatic rings. The quantitative estimate of drug-likeness (QED) is 0.250. The Bertz CT molecular complexity index is 1430. The van der Waals surface area contributed by atoms with E-state index in [4.69, 9.17) is 16.3 Å². The van der Waals surface area contributed by atoms with E-state index in [9.17, 15) is 22.0 Å². The maximum Gasteiger partial charge on any atom is 0.257 e. The Morgan fingerprint density at radius 1 is 1.03 bits per heavy atom. The third-order valence-electron chi connectivity index (χ3n) is 6.18. The number of carbonyl (C=O) groups is 1. The highest BCUT2D eigenvalue weighted by atomic mass is 35.5. The zero-order valence-electron chi connectivity index (χ0n) is 19.5. The van der Waals surface area contributed by atoms with Crippen LogP contribution in [0.1, 0.15) is 34.0 Å². The topological polar surface area (TPSA) is 63.7 Å². The summed E-state index contributed by atoms with van der Waals surface area (Å²) in [6.07, 6.45) is 2.46. The Kier molecular flexibility index (Phi) is 7.94. The van der Waals surface area contributed by atoms with E-state index < -0.39 is 62.4 Å². The summed E-state index contributed by atoms with van der Waals surface area (Å²) in [7, 11) is -4.44. The summed E-state index contributed by atoms with van der Waals surface area (Å²) < 4.78 is 78.0. The molecule has 0 fully saturated rings. The molecule has 0 saturated heterocycles. The van der Waals surface area contributed by atoms with Crippen LogP contribution in [0.4, 0.5) is 13.2 Å². The number of ether oxygens (including phenoxy) is 1. The molecule has 37 heavy (non-hydrogen) atoms. The van der Waals surface area contributed by atoms with Gasteiger partial charge in [0.15, 0.2) is 21.4 Å². The fraction of sp³-hybridized carbons (Fsp3) is 0.222. The highest BCUT2D eigenvalue weighted by Crippen LogP contribution is 2.45. The van der Waals surface area contributed by atoms with Gasteiger partial charge in [-0.25, -0.2) is 21.6 Å². The molecule has 1 aliphatic rings. The Labute approximate surface area is 218 Å². The molecule has 0 aromatic heterocycles. The Hall–Kier alpha value is -3.30. The van der Waals surface area contributed by atoms with Crippen molar-refractivity contribution in [3.05, 3.63) is 107 Å². The number of carbonyl (C=O) groups excluding carboxylic acids is 1. The van der Waals surface area contributed by atoms with Crippen LogP contribution in [0.2, 0.25) is 5.02 Å². The molecule has 0 saturated carbocycles. The molecule has 5 nitrogen and oxygen atoms in total. The van der Waals surface area contributed by atoms with Crippen molar-refractivity contribution in [3.63, 3.8) is 0 Å². The van der Waals surface area contributed by atoms with E-state index in [1.807, 2.05) is 0 Å². The fourth-order valence-corrected chi connectivity index (χ4v) is 6.51. The molecule has 194 valence electrons. The predicted octanol–water partition coefficient (Wildman–Crippen LogP) is 6.14. The number of unbranched alkanes of at least 4 members (excludes halogenated alkanes) is 1. The largest absolute Gasteiger partial charge is 0.488 e. The highest BCUT2D eigenvalue weighted by molar-refractivity contribution is 7.91. The van der Waals surface area contributed by atoms with E-state index in [0.29, 0.717) is 12.8 Å². The van der Waals surface area contributed by atoms with Crippen molar-refractivity contribution in [3.8, 4) is 5.75 Å². The first kappa shape index (κ1) is 26.8. The van der Waals surface area contributed by atoms with Gasteiger partial charge in [-0.2, -0.15) is 0 Å². The van der Waals surface area contributed by atoms with Gasteiger partial charge >= 0.3 is 0 Å². The third kappa shape index (κ3) is 5.24. The third-order valence-corrected chi connectivity index (χ3v) is 8.58. The summed E-state index contributed by atoms with van der Waals surface area (Å²) in [5, 5.41) is -1.46. The van der Waals surface area contributed by atoms with Gasteiger partial charge in [-0.15, -0.1) is 6.58 Å². The molecule has 0 spiro atoms. The predicted molar refractivity (Wildman–Crippen MR) is 134 cm³/mol. The molecule has 2 atom stereocenters. The van der Waals surface area contributed by atoms with Crippen LogP contribution < -0.4 is 4.74 Å². The standard InChI is InChI=1S/C27H23ClF3NO4S/c1-2-3-6-15-32(27(33)19-7-4-5-8-20(19)29)23-16-36-25-22(31)14-13-21(30)24(25)26(23)37(34,35)18-11-9-17(28)10-12-18/h2,4-5,7-14,23,26H,1,3,6,15-16H2/t23-,26+/m0/s1. The van der Waals surface area contributed by atoms with Crippen LogP contribution in [0.25, 0.3) is 0 Å². The van der Waals surface area contributed by atoms with Gasteiger partial charge in [-0.05, 0) is 61.4 Å². The molecule has 10 heteroatoms. The number of nitrogens with zero attached hydrogens (tertiary/aromatic N) is 1. The summed E-state index contributed by atoms with van der Waals surface area (Å²) in [6, 6.07) is 10.8. The minimum atomic E-state index is -4.44. The van der Waals surface area contributed by atoms with Gasteiger partial charge in [-0.1, -0.05) is 29.8 Å². The van der Waals surface area contributed by atoms with Gasteiger partial charge in [-0.3, -0.25) is 4.79 Å². The normalized spacial score (nSPS) is 17.0. The lowest BCUT2D eigenvalue weighted by molar-refractivity contribution is 0.0560. The van der Waals surface area contributed by atoms with E-state index in [1.165, 1.54) is 42.5 Å². The second kappa shape index (κ2) is 11.0. The molecule has 4 rings (SSSR count). The van der Waals surface area contributed by atoms with E-state index in [0.717, 1.165) is 23.1 Å². The minimum Gasteiger partial charge on any atom is -0.488 e. The van der Waals surface area contributed by atoms with Crippen molar-refractivity contribution in [1.29, 1.82) is 0 Å². The zero-order valence-corrected chi connectivity index (χ0v) is 21.1. The van der Waals surface area contributed by atoms with Crippen molar-refractivity contribution in [2.45, 2.75) is 29.0 Å². The molecule has 0 radical (unpaired) electrons. The Morgan fingerprint density at radius 3 is 2.38 bits per heavy atom. The van der Waals surface area contributed by atoms with Crippen molar-refractivity contribution < 1.29 is 31.1 Å². The van der Waals surface area contributed by atoms with Crippen LogP contribution >= 0.6 is 11.6 Å². The van der Waals surface area contributed by atoms with Crippen LogP contribution in [-0.2, 0) is 9.84 Å². The lowest BCUT2D eigenvalue weighted by Gasteiger charge is -2.40. The first-order valence-electron chi connectivity index (χ1n) is 11.4. The number of benzene rings is 3. The molecule has 3 aromatic carbocycles. The van der Waals surface area contributed by atoms with Crippen LogP contribution in [0, 0.1) is 17.5 Å². The average molecular weight is 550 g/mol. The lowest BCUT2D eigenvalue weighted by Crippen LogP contribution is -2.51. The number of rotatable bonds is 8. The van der Waals surface area contributed by atoms with Gasteiger partial charge in [0.1, 0.15) is 23.5 Å². The van der Waals surface area contributed by atoms with Crippen molar-refractivity contribution in [1.82, 2.24) is 4.90 Å². The van der Waals surface area contributed by atoms with Gasteiger partial charge < -0.3 is 9.64 Å². The van der Waals surface area contributed by atoms with Gasteiger partial charge in [0.2, 0.25) is 0 Å². The van der Waals surface area contributed by atoms with Crippen LogP contribution in [-0.4, -0.2) is 38.4 Å². The molecular formula is C27H23ClF3NO4S. The molecule has 1 heterocycles. The number of amides is 1. The zero-order chi connectivity index (χ0) is 26.7. The van der Waals surface area contributed by atoms with Gasteiger partial charge in [0, 0.05) is 11.6 Å². The van der Waals surface area contributed by atoms with Crippen LogP contribution in [0.3, 0.4) is 0 Å². The first-order valence-corrected chi connectivity index (χ1v) is 13.4. The van der Waals surface area contributed by atoms with Crippen LogP contribution in [0.15, 0.2) is 78.2 Å². The number of halogens is 4. The molecule has 0 bridgehead atoms. The van der Waals surface area contributed by atoms with E-state index in [1.54, 1.807) is 6.08 Å². The highest BCUT2D eigenvalue weighted by Gasteiger charge is 2.47. The molecule has 0 N–H and O–H groups in total. The number of hydrogen-bond acceptors (Lipinski definition) is 4. The number of hydrogen-bond donors (Lipinski definition) is 0. The maximum atomic E-state index is 15.2. The van der Waals surface area contributed by atoms with Crippen molar-refractivity contribution in [2.75, 3.05) is 13.2 Å².